The van der Waals surface area contributed by atoms with Crippen LogP contribution < -0.4 is 11.5 Å². The average Bonchev–Trinajstić information content (AvgIpc) is 3.12. The highest BCUT2D eigenvalue weighted by Gasteiger charge is 2.42. The molecule has 9 nitrogen and oxygen atoms in total. The minimum absolute atomic E-state index is 0.119. The number of nitrogens with two attached hydrogens (primary N) is 2. The molecule has 0 radical (unpaired) electrons. The van der Waals surface area contributed by atoms with Crippen molar-refractivity contribution in [1.82, 2.24) is 14.1 Å². The van der Waals surface area contributed by atoms with Gasteiger partial charge in [0.05, 0.1) is 15.8 Å². The Morgan fingerprint density at radius 1 is 1.40 bits per heavy atom. The quantitative estimate of drug-likeness (QED) is 0.720. The van der Waals surface area contributed by atoms with E-state index >= 15 is 0 Å². The van der Waals surface area contributed by atoms with Crippen molar-refractivity contribution in [1.29, 1.82) is 0 Å². The number of hydrogen-bond acceptors (Lipinski definition) is 8. The van der Waals surface area contributed by atoms with Crippen LogP contribution >= 0.6 is 11.3 Å². The highest BCUT2D eigenvalue weighted by atomic mass is 32.2. The molecular formula is C14H17N7O2S2. The van der Waals surface area contributed by atoms with Crippen LogP contribution in [0.5, 0.6) is 0 Å². The fraction of sp³-hybridized carbons (Fsp3) is 0.357. The van der Waals surface area contributed by atoms with Crippen molar-refractivity contribution in [2.45, 2.75) is 12.1 Å². The van der Waals surface area contributed by atoms with E-state index in [2.05, 4.69) is 21.2 Å². The Labute approximate surface area is 148 Å². The number of sulfonamides is 1. The number of guanidine groups is 1. The first-order chi connectivity index (χ1) is 11.8. The number of allylic oxidation sites excluding steroid dienone is 1. The summed E-state index contributed by atoms with van der Waals surface area (Å²) in [5, 5.41) is 4.50. The van der Waals surface area contributed by atoms with Gasteiger partial charge in [-0.3, -0.25) is 4.99 Å². The van der Waals surface area contributed by atoms with E-state index in [9.17, 15) is 8.42 Å². The second kappa shape index (κ2) is 5.38. The maximum Gasteiger partial charge on any atom is 0.241 e. The van der Waals surface area contributed by atoms with Crippen LogP contribution in [0.15, 0.2) is 34.4 Å². The molecule has 2 aliphatic heterocycles. The number of thiophene rings is 1. The molecule has 2 aromatic rings. The van der Waals surface area contributed by atoms with Gasteiger partial charge in [0, 0.05) is 13.6 Å². The van der Waals surface area contributed by atoms with Gasteiger partial charge in [-0.2, -0.15) is 5.10 Å². The molecule has 2 aromatic heterocycles. The molecular weight excluding hydrogens is 362 g/mol. The maximum absolute atomic E-state index is 12.2. The van der Waals surface area contributed by atoms with E-state index in [-0.39, 0.29) is 11.7 Å². The second-order valence-corrected chi connectivity index (χ2v) is 9.07. The Morgan fingerprint density at radius 3 is 2.84 bits per heavy atom. The Hall–Kier alpha value is -2.24. The molecule has 0 amide bonds. The summed E-state index contributed by atoms with van der Waals surface area (Å²) < 4.78 is 28.0. The molecule has 0 bridgehead atoms. The van der Waals surface area contributed by atoms with Gasteiger partial charge in [0.25, 0.3) is 0 Å². The summed E-state index contributed by atoms with van der Waals surface area (Å²) in [7, 11) is -2.24. The van der Waals surface area contributed by atoms with Gasteiger partial charge in [0.1, 0.15) is 17.1 Å². The fourth-order valence-electron chi connectivity index (χ4n) is 2.75. The van der Waals surface area contributed by atoms with Crippen molar-refractivity contribution < 1.29 is 8.42 Å². The minimum atomic E-state index is -3.61. The first kappa shape index (κ1) is 16.2. The van der Waals surface area contributed by atoms with E-state index in [1.54, 1.807) is 10.7 Å². The summed E-state index contributed by atoms with van der Waals surface area (Å²) in [5.74, 6) is 0.324. The van der Waals surface area contributed by atoms with Crippen LogP contribution in [0.2, 0.25) is 0 Å². The number of nitrogens with zero attached hydrogens (tertiary/aromatic N) is 5. The van der Waals surface area contributed by atoms with Gasteiger partial charge < -0.3 is 11.5 Å². The summed E-state index contributed by atoms with van der Waals surface area (Å²) in [5.41, 5.74) is 11.3. The molecule has 0 aromatic carbocycles. The van der Waals surface area contributed by atoms with Crippen LogP contribution in [0.1, 0.15) is 11.3 Å². The largest absolute Gasteiger partial charge is 0.369 e. The van der Waals surface area contributed by atoms with Gasteiger partial charge in [-0.25, -0.2) is 22.4 Å². The van der Waals surface area contributed by atoms with Crippen molar-refractivity contribution in [2.75, 3.05) is 19.3 Å². The number of fused-ring (bicyclic) bond motifs is 1. The molecule has 132 valence electrons. The van der Waals surface area contributed by atoms with Crippen molar-refractivity contribution in [3.63, 3.8) is 0 Å². The van der Waals surface area contributed by atoms with Crippen LogP contribution in [0.3, 0.4) is 0 Å². The third kappa shape index (κ3) is 2.64. The molecule has 4 N–H and O–H groups in total. The van der Waals surface area contributed by atoms with Gasteiger partial charge >= 0.3 is 0 Å². The lowest BCUT2D eigenvalue weighted by Crippen LogP contribution is -2.54. The van der Waals surface area contributed by atoms with Crippen LogP contribution in [0.25, 0.3) is 10.2 Å². The Kier molecular flexibility index (Phi) is 3.49. The highest BCUT2D eigenvalue weighted by molar-refractivity contribution is 7.89. The topological polar surface area (TPSA) is 132 Å². The number of hydrogen-bond donors (Lipinski definition) is 2. The fourth-order valence-corrected chi connectivity index (χ4v) is 5.19. The zero-order valence-corrected chi connectivity index (χ0v) is 15.1. The summed E-state index contributed by atoms with van der Waals surface area (Å²) >= 11 is 1.36. The Bertz CT molecular complexity index is 1020. The zero-order chi connectivity index (χ0) is 17.8. The monoisotopic (exact) mass is 379 g/mol. The molecule has 0 spiro atoms. The predicted molar refractivity (Wildman–Crippen MR) is 98.1 cm³/mol. The molecule has 0 fully saturated rings. The average molecular weight is 379 g/mol. The molecule has 0 unspecified atom stereocenters. The Morgan fingerprint density at radius 2 is 2.20 bits per heavy atom. The van der Waals surface area contributed by atoms with Crippen molar-refractivity contribution in [2.24, 2.45) is 21.5 Å². The van der Waals surface area contributed by atoms with Gasteiger partial charge in [-0.05, 0) is 18.6 Å². The van der Waals surface area contributed by atoms with Crippen molar-refractivity contribution >= 4 is 43.4 Å². The lowest BCUT2D eigenvalue weighted by Gasteiger charge is -2.33. The zero-order valence-electron chi connectivity index (χ0n) is 13.5. The summed E-state index contributed by atoms with van der Waals surface area (Å²) in [4.78, 5) is 9.24. The van der Waals surface area contributed by atoms with E-state index < -0.39 is 15.7 Å². The lowest BCUT2D eigenvalue weighted by molar-refractivity contribution is 0.466. The van der Waals surface area contributed by atoms with Gasteiger partial charge in [0.2, 0.25) is 16.0 Å². The molecule has 11 heteroatoms. The molecule has 0 saturated carbocycles. The first-order valence-corrected chi connectivity index (χ1v) is 10.0. The standard InChI is InChI=1S/C14H17N7O2S2/c1-20-13(15)18-14(16,8-25(20,22)23)11-6-9-10(24-11)7-21(19-9)12-4-2-3-5-17-12/h2,4,6-7H,3,5,8,16H2,1H3,(H2,15,18)/t14-/m0/s1. The number of dihydropyridines is 1. The van der Waals surface area contributed by atoms with Crippen molar-refractivity contribution in [3.8, 4) is 0 Å². The second-order valence-electron chi connectivity index (χ2n) is 5.98. The maximum atomic E-state index is 12.2. The van der Waals surface area contributed by atoms with E-state index in [0.717, 1.165) is 33.3 Å². The molecule has 0 saturated heterocycles. The van der Waals surface area contributed by atoms with Gasteiger partial charge in [0.15, 0.2) is 5.66 Å². The molecule has 4 heterocycles. The van der Waals surface area contributed by atoms with Crippen LogP contribution in [-0.2, 0) is 15.7 Å². The third-order valence-electron chi connectivity index (χ3n) is 4.15. The summed E-state index contributed by atoms with van der Waals surface area (Å²) in [6, 6.07) is 1.77. The smallest absolute Gasteiger partial charge is 0.241 e. The molecule has 25 heavy (non-hydrogen) atoms. The lowest BCUT2D eigenvalue weighted by atomic mass is 10.2. The van der Waals surface area contributed by atoms with E-state index in [1.165, 1.54) is 18.4 Å². The summed E-state index contributed by atoms with van der Waals surface area (Å²) in [6.07, 6.45) is 6.78. The molecule has 4 rings (SSSR count). The van der Waals surface area contributed by atoms with Crippen LogP contribution in [0.4, 0.5) is 0 Å². The normalized spacial score (nSPS) is 25.9. The van der Waals surface area contributed by atoms with Crippen LogP contribution in [-0.4, -0.2) is 53.6 Å². The Balaban J connectivity index is 1.74. The van der Waals surface area contributed by atoms with Gasteiger partial charge in [-0.15, -0.1) is 11.3 Å². The first-order valence-electron chi connectivity index (χ1n) is 7.60. The van der Waals surface area contributed by atoms with Gasteiger partial charge in [-0.1, -0.05) is 6.08 Å². The summed E-state index contributed by atoms with van der Waals surface area (Å²) in [6.45, 7) is 0.746. The number of aromatic nitrogens is 2. The molecule has 1 atom stereocenters. The van der Waals surface area contributed by atoms with E-state index in [1.807, 2.05) is 12.3 Å². The molecule has 2 aliphatic rings. The number of aliphatic imine (C=N–C) groups is 2. The van der Waals surface area contributed by atoms with E-state index in [4.69, 9.17) is 11.5 Å². The molecule has 0 aliphatic carbocycles. The minimum Gasteiger partial charge on any atom is -0.369 e. The van der Waals surface area contributed by atoms with Crippen LogP contribution in [0, 0.1) is 0 Å². The number of rotatable bonds is 1. The van der Waals surface area contributed by atoms with E-state index in [0.29, 0.717) is 4.88 Å². The van der Waals surface area contributed by atoms with Crippen molar-refractivity contribution in [3.05, 3.63) is 29.3 Å². The highest BCUT2D eigenvalue weighted by Crippen LogP contribution is 2.35. The predicted octanol–water partition coefficient (Wildman–Crippen LogP) is 0.00570. The third-order valence-corrected chi connectivity index (χ3v) is 7.20. The SMILES string of the molecule is CN1C(N)=N[C@](N)(c2cc3nn(C4=NCCC=C4)cc3s2)CS1(=O)=O.